The smallest absolute Gasteiger partial charge is 0.313 e. The minimum atomic E-state index is -4.26. The minimum absolute atomic E-state index is 0.125. The highest BCUT2D eigenvalue weighted by molar-refractivity contribution is 9.10. The van der Waals surface area contributed by atoms with Crippen molar-refractivity contribution < 1.29 is 17.6 Å². The molecule has 1 nitrogen and oxygen atoms in total. The molecule has 0 saturated heterocycles. The highest BCUT2D eigenvalue weighted by Gasteiger charge is 2.29. The first kappa shape index (κ1) is 15.7. The Morgan fingerprint density at radius 3 is 2.50 bits per heavy atom. The Kier molecular flexibility index (Phi) is 5.43. The SMILES string of the molecule is CNC(CCC(F)(F)F)c1ccc(Br)c(Cl)c1F. The summed E-state index contributed by atoms with van der Waals surface area (Å²) in [5.41, 5.74) is 0.134. The first-order valence-electron chi connectivity index (χ1n) is 5.13. The second-order valence-corrected chi connectivity index (χ2v) is 4.99. The number of rotatable bonds is 4. The van der Waals surface area contributed by atoms with Crippen LogP contribution in [0.1, 0.15) is 24.4 Å². The van der Waals surface area contributed by atoms with Gasteiger partial charge < -0.3 is 5.32 Å². The molecule has 0 aromatic heterocycles. The van der Waals surface area contributed by atoms with E-state index in [0.29, 0.717) is 4.47 Å². The van der Waals surface area contributed by atoms with Crippen molar-refractivity contribution in [2.75, 3.05) is 7.05 Å². The summed E-state index contributed by atoms with van der Waals surface area (Å²) in [6.07, 6.45) is -5.48. The maximum Gasteiger partial charge on any atom is 0.389 e. The third-order valence-electron chi connectivity index (χ3n) is 2.51. The van der Waals surface area contributed by atoms with Crippen LogP contribution in [0.5, 0.6) is 0 Å². The normalized spacial score (nSPS) is 13.7. The molecule has 0 aliphatic heterocycles. The summed E-state index contributed by atoms with van der Waals surface area (Å²) in [7, 11) is 1.48. The number of nitrogens with one attached hydrogen (secondary N) is 1. The van der Waals surface area contributed by atoms with Crippen LogP contribution in [-0.2, 0) is 0 Å². The molecule has 0 amide bonds. The highest BCUT2D eigenvalue weighted by atomic mass is 79.9. The fraction of sp³-hybridized carbons (Fsp3) is 0.455. The van der Waals surface area contributed by atoms with Gasteiger partial charge in [0.2, 0.25) is 0 Å². The van der Waals surface area contributed by atoms with Gasteiger partial charge in [-0.25, -0.2) is 4.39 Å². The Hall–Kier alpha value is -0.330. The molecule has 1 aromatic rings. The van der Waals surface area contributed by atoms with Crippen LogP contribution in [0.2, 0.25) is 5.02 Å². The summed E-state index contributed by atoms with van der Waals surface area (Å²) in [5, 5.41) is 2.54. The summed E-state index contributed by atoms with van der Waals surface area (Å²) in [5.74, 6) is -0.701. The minimum Gasteiger partial charge on any atom is -0.313 e. The topological polar surface area (TPSA) is 12.0 Å². The highest BCUT2D eigenvalue weighted by Crippen LogP contribution is 2.33. The molecule has 1 rings (SSSR count). The van der Waals surface area contributed by atoms with Crippen molar-refractivity contribution in [2.45, 2.75) is 25.1 Å². The summed E-state index contributed by atoms with van der Waals surface area (Å²) in [6, 6.07) is 2.21. The van der Waals surface area contributed by atoms with Crippen LogP contribution in [0.3, 0.4) is 0 Å². The van der Waals surface area contributed by atoms with Crippen molar-refractivity contribution in [1.29, 1.82) is 0 Å². The zero-order valence-electron chi connectivity index (χ0n) is 9.41. The van der Waals surface area contributed by atoms with Crippen LogP contribution >= 0.6 is 27.5 Å². The van der Waals surface area contributed by atoms with Crippen molar-refractivity contribution in [2.24, 2.45) is 0 Å². The quantitative estimate of drug-likeness (QED) is 0.606. The monoisotopic (exact) mass is 347 g/mol. The van der Waals surface area contributed by atoms with Gasteiger partial charge in [0.25, 0.3) is 0 Å². The fourth-order valence-corrected chi connectivity index (χ4v) is 2.05. The van der Waals surface area contributed by atoms with Crippen molar-refractivity contribution in [1.82, 2.24) is 5.32 Å². The Balaban J connectivity index is 2.92. The average Bonchev–Trinajstić information content (AvgIpc) is 2.28. The summed E-state index contributed by atoms with van der Waals surface area (Å²) in [6.45, 7) is 0. The molecule has 0 radical (unpaired) electrons. The third-order valence-corrected chi connectivity index (χ3v) is 3.76. The molecule has 0 spiro atoms. The first-order valence-corrected chi connectivity index (χ1v) is 6.30. The molecule has 0 heterocycles. The van der Waals surface area contributed by atoms with Gasteiger partial charge in [0.05, 0.1) is 5.02 Å². The van der Waals surface area contributed by atoms with E-state index in [1.165, 1.54) is 19.2 Å². The van der Waals surface area contributed by atoms with E-state index >= 15 is 0 Å². The Morgan fingerprint density at radius 1 is 1.39 bits per heavy atom. The standard InChI is InChI=1S/C11H11BrClF4N/c1-18-8(4-5-11(15,16)17)6-2-3-7(12)9(13)10(6)14/h2-3,8,18H,4-5H2,1H3. The van der Waals surface area contributed by atoms with Crippen molar-refractivity contribution in [3.05, 3.63) is 33.0 Å². The van der Waals surface area contributed by atoms with Crippen molar-refractivity contribution >= 4 is 27.5 Å². The molecule has 1 N–H and O–H groups in total. The third kappa shape index (κ3) is 4.10. The molecule has 0 aliphatic carbocycles. The van der Waals surface area contributed by atoms with Gasteiger partial charge in [0.1, 0.15) is 5.82 Å². The maximum atomic E-state index is 13.8. The van der Waals surface area contributed by atoms with Gasteiger partial charge in [-0.2, -0.15) is 13.2 Å². The Labute approximate surface area is 116 Å². The van der Waals surface area contributed by atoms with E-state index in [9.17, 15) is 17.6 Å². The van der Waals surface area contributed by atoms with Crippen LogP contribution < -0.4 is 5.32 Å². The van der Waals surface area contributed by atoms with Crippen LogP contribution in [0.25, 0.3) is 0 Å². The maximum absolute atomic E-state index is 13.8. The molecule has 1 unspecified atom stereocenters. The number of hydrogen-bond donors (Lipinski definition) is 1. The van der Waals surface area contributed by atoms with E-state index in [1.54, 1.807) is 0 Å². The van der Waals surface area contributed by atoms with Crippen LogP contribution in [0.15, 0.2) is 16.6 Å². The Morgan fingerprint density at radius 2 is 2.00 bits per heavy atom. The van der Waals surface area contributed by atoms with E-state index in [1.807, 2.05) is 0 Å². The van der Waals surface area contributed by atoms with Gasteiger partial charge in [0, 0.05) is 22.5 Å². The number of benzene rings is 1. The molecular formula is C11H11BrClF4N. The summed E-state index contributed by atoms with van der Waals surface area (Å²) >= 11 is 8.75. The molecule has 18 heavy (non-hydrogen) atoms. The second kappa shape index (κ2) is 6.21. The Bertz CT molecular complexity index is 422. The van der Waals surface area contributed by atoms with Gasteiger partial charge in [-0.15, -0.1) is 0 Å². The lowest BCUT2D eigenvalue weighted by Gasteiger charge is -2.19. The molecule has 0 bridgehead atoms. The van der Waals surface area contributed by atoms with Crippen LogP contribution in [0.4, 0.5) is 17.6 Å². The molecule has 1 aromatic carbocycles. The van der Waals surface area contributed by atoms with Gasteiger partial charge >= 0.3 is 6.18 Å². The lowest BCUT2D eigenvalue weighted by atomic mass is 10.0. The second-order valence-electron chi connectivity index (χ2n) is 3.76. The summed E-state index contributed by atoms with van der Waals surface area (Å²) in [4.78, 5) is 0. The van der Waals surface area contributed by atoms with Gasteiger partial charge in [0.15, 0.2) is 0 Å². The van der Waals surface area contributed by atoms with Gasteiger partial charge in [-0.3, -0.25) is 0 Å². The number of hydrogen-bond acceptors (Lipinski definition) is 1. The number of alkyl halides is 3. The zero-order valence-corrected chi connectivity index (χ0v) is 11.8. The van der Waals surface area contributed by atoms with Gasteiger partial charge in [-0.05, 0) is 35.5 Å². The lowest BCUT2D eigenvalue weighted by Crippen LogP contribution is -2.20. The fourth-order valence-electron chi connectivity index (χ4n) is 1.57. The average molecular weight is 349 g/mol. The molecule has 0 aliphatic rings. The molecule has 7 heteroatoms. The predicted octanol–water partition coefficient (Wildman–Crippen LogP) is 4.84. The van der Waals surface area contributed by atoms with E-state index in [2.05, 4.69) is 21.2 Å². The molecule has 102 valence electrons. The molecule has 0 saturated carbocycles. The molecule has 1 atom stereocenters. The predicted molar refractivity (Wildman–Crippen MR) is 66.2 cm³/mol. The van der Waals surface area contributed by atoms with Crippen molar-refractivity contribution in [3.63, 3.8) is 0 Å². The van der Waals surface area contributed by atoms with E-state index in [-0.39, 0.29) is 17.0 Å². The van der Waals surface area contributed by atoms with E-state index < -0.39 is 24.5 Å². The van der Waals surface area contributed by atoms with E-state index in [4.69, 9.17) is 11.6 Å². The van der Waals surface area contributed by atoms with Crippen LogP contribution in [-0.4, -0.2) is 13.2 Å². The summed E-state index contributed by atoms with van der Waals surface area (Å²) < 4.78 is 50.7. The number of halogens is 6. The van der Waals surface area contributed by atoms with Gasteiger partial charge in [-0.1, -0.05) is 17.7 Å². The first-order chi connectivity index (χ1) is 8.26. The zero-order chi connectivity index (χ0) is 13.9. The van der Waals surface area contributed by atoms with Crippen molar-refractivity contribution in [3.8, 4) is 0 Å². The molecular weight excluding hydrogens is 337 g/mol. The largest absolute Gasteiger partial charge is 0.389 e. The lowest BCUT2D eigenvalue weighted by molar-refractivity contribution is -0.136. The van der Waals surface area contributed by atoms with E-state index in [0.717, 1.165) is 0 Å². The molecule has 0 fully saturated rings. The van der Waals surface area contributed by atoms with Crippen LogP contribution in [0, 0.1) is 5.82 Å².